The van der Waals surface area contributed by atoms with Crippen molar-refractivity contribution < 1.29 is 14.2 Å². The monoisotopic (exact) mass is 453 g/mol. The van der Waals surface area contributed by atoms with Crippen LogP contribution < -0.4 is 4.74 Å². The number of rotatable bonds is 11. The van der Waals surface area contributed by atoms with Gasteiger partial charge in [-0.2, -0.15) is 5.26 Å². The topological polar surface area (TPSA) is 59.7 Å². The van der Waals surface area contributed by atoms with E-state index in [1.165, 1.54) is 12.1 Å². The molecule has 0 aliphatic carbocycles. The van der Waals surface area contributed by atoms with Crippen LogP contribution in [-0.2, 0) is 5.41 Å². The molecule has 0 amide bonds. The summed E-state index contributed by atoms with van der Waals surface area (Å²) < 4.78 is 18.8. The van der Waals surface area contributed by atoms with Crippen molar-refractivity contribution in [1.29, 1.82) is 5.26 Å². The van der Waals surface area contributed by atoms with Gasteiger partial charge in [0.05, 0.1) is 24.1 Å². The fourth-order valence-corrected chi connectivity index (χ4v) is 4.68. The number of aliphatic hydroxyl groups is 1. The van der Waals surface area contributed by atoms with Crippen LogP contribution in [0.15, 0.2) is 54.6 Å². The first-order chi connectivity index (χ1) is 16.0. The number of nitriles is 1. The average Bonchev–Trinajstić information content (AvgIpc) is 2.84. The van der Waals surface area contributed by atoms with Crippen molar-refractivity contribution in [1.82, 2.24) is 9.80 Å². The highest BCUT2D eigenvalue weighted by Gasteiger charge is 2.35. The third kappa shape index (κ3) is 6.54. The summed E-state index contributed by atoms with van der Waals surface area (Å²) in [5, 5.41) is 19.9. The zero-order valence-corrected chi connectivity index (χ0v) is 19.8. The molecule has 0 aromatic heterocycles. The van der Waals surface area contributed by atoms with Crippen molar-refractivity contribution >= 4 is 0 Å². The first-order valence-electron chi connectivity index (χ1n) is 11.9. The summed E-state index contributed by atoms with van der Waals surface area (Å²) in [6, 6.07) is 18.7. The minimum absolute atomic E-state index is 0.0251. The fourth-order valence-electron chi connectivity index (χ4n) is 4.68. The molecule has 2 unspecified atom stereocenters. The molecule has 3 rings (SSSR count). The third-order valence-corrected chi connectivity index (χ3v) is 6.91. The second-order valence-electron chi connectivity index (χ2n) is 9.19. The molecule has 0 spiro atoms. The van der Waals surface area contributed by atoms with Crippen LogP contribution >= 0.6 is 0 Å². The highest BCUT2D eigenvalue weighted by atomic mass is 19.1. The molecule has 1 heterocycles. The number of nitrogens with zero attached hydrogens (tertiary/aromatic N) is 3. The van der Waals surface area contributed by atoms with E-state index in [0.29, 0.717) is 12.4 Å². The Kier molecular flexibility index (Phi) is 9.25. The molecule has 1 fully saturated rings. The predicted octanol–water partition coefficient (Wildman–Crippen LogP) is 4.08. The maximum Gasteiger partial charge on any atom is 0.123 e. The quantitative estimate of drug-likeness (QED) is 0.556. The van der Waals surface area contributed by atoms with Crippen LogP contribution in [0.4, 0.5) is 4.39 Å². The number of hydrogen-bond acceptors (Lipinski definition) is 5. The van der Waals surface area contributed by atoms with Gasteiger partial charge in [-0.3, -0.25) is 4.90 Å². The summed E-state index contributed by atoms with van der Waals surface area (Å²) in [6.45, 7) is 9.23. The molecule has 5 nitrogen and oxygen atoms in total. The Morgan fingerprint density at radius 3 is 2.30 bits per heavy atom. The van der Waals surface area contributed by atoms with Crippen LogP contribution in [0, 0.1) is 23.1 Å². The number of benzene rings is 2. The molecule has 0 radical (unpaired) electrons. The molecule has 2 atom stereocenters. The van der Waals surface area contributed by atoms with E-state index in [2.05, 4.69) is 41.8 Å². The van der Waals surface area contributed by atoms with Crippen LogP contribution in [0.25, 0.3) is 0 Å². The standard InChI is InChI=1S/C27H36FN3O2/c1-22(2)27(21-29,23-7-4-3-5-8-23)13-6-14-30-15-17-31(18-16-30)25(19-32)20-33-26-11-9-24(28)10-12-26/h3-5,7-12,22,25,32H,6,13-20H2,1-2H3. The van der Waals surface area contributed by atoms with Gasteiger partial charge < -0.3 is 14.7 Å². The van der Waals surface area contributed by atoms with Crippen LogP contribution in [0.1, 0.15) is 32.3 Å². The second-order valence-corrected chi connectivity index (χ2v) is 9.19. The van der Waals surface area contributed by atoms with E-state index >= 15 is 0 Å². The Bertz CT molecular complexity index is 876. The first kappa shape index (κ1) is 25.2. The Hall–Kier alpha value is -2.46. The van der Waals surface area contributed by atoms with Crippen LogP contribution in [0.3, 0.4) is 0 Å². The zero-order chi connectivity index (χ0) is 23.7. The van der Waals surface area contributed by atoms with E-state index in [4.69, 9.17) is 4.74 Å². The minimum atomic E-state index is -0.456. The maximum absolute atomic E-state index is 13.1. The number of halogens is 1. The molecule has 0 bridgehead atoms. The van der Waals surface area contributed by atoms with Crippen molar-refractivity contribution in [2.45, 2.75) is 38.1 Å². The summed E-state index contributed by atoms with van der Waals surface area (Å²) in [4.78, 5) is 4.71. The minimum Gasteiger partial charge on any atom is -0.492 e. The van der Waals surface area contributed by atoms with E-state index in [-0.39, 0.29) is 24.4 Å². The van der Waals surface area contributed by atoms with E-state index in [0.717, 1.165) is 51.1 Å². The van der Waals surface area contributed by atoms with Gasteiger partial charge >= 0.3 is 0 Å². The summed E-state index contributed by atoms with van der Waals surface area (Å²) in [5.74, 6) is 0.563. The number of ether oxygens (including phenoxy) is 1. The average molecular weight is 454 g/mol. The van der Waals surface area contributed by atoms with Gasteiger partial charge in [0.2, 0.25) is 0 Å². The molecule has 2 aromatic rings. The third-order valence-electron chi connectivity index (χ3n) is 6.91. The Labute approximate surface area is 197 Å². The van der Waals surface area contributed by atoms with E-state index in [1.807, 2.05) is 18.2 Å². The first-order valence-corrected chi connectivity index (χ1v) is 11.9. The van der Waals surface area contributed by atoms with Crippen molar-refractivity contribution in [2.75, 3.05) is 45.9 Å². The van der Waals surface area contributed by atoms with Gasteiger partial charge in [0.25, 0.3) is 0 Å². The lowest BCUT2D eigenvalue weighted by atomic mass is 9.70. The summed E-state index contributed by atoms with van der Waals surface area (Å²) in [6.07, 6.45) is 1.81. The number of piperazine rings is 1. The molecule has 1 aliphatic heterocycles. The molecule has 178 valence electrons. The zero-order valence-electron chi connectivity index (χ0n) is 19.8. The van der Waals surface area contributed by atoms with Crippen molar-refractivity contribution in [3.05, 3.63) is 66.0 Å². The molecule has 1 N–H and O–H groups in total. The van der Waals surface area contributed by atoms with Gasteiger partial charge in [-0.25, -0.2) is 4.39 Å². The molecule has 0 saturated carbocycles. The molecule has 6 heteroatoms. The molecule has 2 aromatic carbocycles. The number of hydrogen-bond donors (Lipinski definition) is 1. The largest absolute Gasteiger partial charge is 0.492 e. The normalized spacial score (nSPS) is 17.9. The van der Waals surface area contributed by atoms with Crippen LogP contribution in [0.5, 0.6) is 5.75 Å². The SMILES string of the molecule is CC(C)C(C#N)(CCCN1CCN(C(CO)COc2ccc(F)cc2)CC1)c1ccccc1. The summed E-state index contributed by atoms with van der Waals surface area (Å²) in [5.41, 5.74) is 0.655. The Morgan fingerprint density at radius 2 is 1.73 bits per heavy atom. The molecular formula is C27H36FN3O2. The van der Waals surface area contributed by atoms with Crippen molar-refractivity contribution in [3.8, 4) is 11.8 Å². The lowest BCUT2D eigenvalue weighted by Gasteiger charge is -2.39. The predicted molar refractivity (Wildman–Crippen MR) is 129 cm³/mol. The number of aliphatic hydroxyl groups excluding tert-OH is 1. The van der Waals surface area contributed by atoms with E-state index < -0.39 is 5.41 Å². The Morgan fingerprint density at radius 1 is 1.06 bits per heavy atom. The van der Waals surface area contributed by atoms with Gasteiger partial charge in [-0.05, 0) is 55.1 Å². The van der Waals surface area contributed by atoms with Gasteiger partial charge in [-0.1, -0.05) is 44.2 Å². The van der Waals surface area contributed by atoms with Gasteiger partial charge in [0, 0.05) is 26.2 Å². The Balaban J connectivity index is 1.46. The molecule has 1 aliphatic rings. The van der Waals surface area contributed by atoms with Crippen LogP contribution in [-0.4, -0.2) is 66.9 Å². The van der Waals surface area contributed by atoms with Crippen molar-refractivity contribution in [2.24, 2.45) is 5.92 Å². The van der Waals surface area contributed by atoms with Crippen LogP contribution in [0.2, 0.25) is 0 Å². The second kappa shape index (κ2) is 12.1. The molecular weight excluding hydrogens is 417 g/mol. The maximum atomic E-state index is 13.1. The van der Waals surface area contributed by atoms with E-state index in [9.17, 15) is 14.8 Å². The summed E-state index contributed by atoms with van der Waals surface area (Å²) >= 11 is 0. The van der Waals surface area contributed by atoms with E-state index in [1.54, 1.807) is 12.1 Å². The van der Waals surface area contributed by atoms with Gasteiger partial charge in [-0.15, -0.1) is 0 Å². The highest BCUT2D eigenvalue weighted by molar-refractivity contribution is 5.33. The smallest absolute Gasteiger partial charge is 0.123 e. The van der Waals surface area contributed by atoms with Gasteiger partial charge in [0.1, 0.15) is 18.2 Å². The fraction of sp³-hybridized carbons (Fsp3) is 0.519. The lowest BCUT2D eigenvalue weighted by molar-refractivity contribution is 0.0406. The highest BCUT2D eigenvalue weighted by Crippen LogP contribution is 2.36. The van der Waals surface area contributed by atoms with Crippen molar-refractivity contribution in [3.63, 3.8) is 0 Å². The lowest BCUT2D eigenvalue weighted by Crippen LogP contribution is -2.53. The molecule has 33 heavy (non-hydrogen) atoms. The van der Waals surface area contributed by atoms with Gasteiger partial charge in [0.15, 0.2) is 0 Å². The molecule has 1 saturated heterocycles. The summed E-state index contributed by atoms with van der Waals surface area (Å²) in [7, 11) is 0.